The van der Waals surface area contributed by atoms with E-state index in [2.05, 4.69) is 13.3 Å². The smallest absolute Gasteiger partial charge is 0.110 e. The summed E-state index contributed by atoms with van der Waals surface area (Å²) in [6, 6.07) is 0. The first kappa shape index (κ1) is 4.38. The zero-order valence-corrected chi connectivity index (χ0v) is 4.79. The monoisotopic (exact) mass is 101 g/mol. The van der Waals surface area contributed by atoms with Crippen molar-refractivity contribution in [3.63, 3.8) is 0 Å². The van der Waals surface area contributed by atoms with E-state index in [9.17, 15) is 0 Å². The molecule has 0 spiro atoms. The van der Waals surface area contributed by atoms with E-state index in [1.54, 1.807) is 0 Å². The van der Waals surface area contributed by atoms with Gasteiger partial charge in [-0.05, 0) is 0 Å². The van der Waals surface area contributed by atoms with Crippen LogP contribution in [0.4, 0.5) is 0 Å². The molecule has 1 saturated heterocycles. The second-order valence-electron chi connectivity index (χ2n) is 1.53. The van der Waals surface area contributed by atoms with E-state index in [1.165, 1.54) is 12.2 Å². The standard InChI is InChI=1S/C5H9S/c1-2-5-3-4-6-5/h2,5H,3-4H2,1H3/q+1. The Morgan fingerprint density at radius 1 is 1.83 bits per heavy atom. The van der Waals surface area contributed by atoms with Gasteiger partial charge in [0.25, 0.3) is 0 Å². The van der Waals surface area contributed by atoms with Crippen LogP contribution in [0.2, 0.25) is 0 Å². The van der Waals surface area contributed by atoms with E-state index in [4.69, 9.17) is 0 Å². The number of hydrogen-bond donors (Lipinski definition) is 0. The van der Waals surface area contributed by atoms with Crippen LogP contribution in [0.1, 0.15) is 13.3 Å². The highest BCUT2D eigenvalue weighted by Crippen LogP contribution is 2.28. The van der Waals surface area contributed by atoms with Crippen LogP contribution in [0, 0.1) is 6.42 Å². The van der Waals surface area contributed by atoms with E-state index in [-0.39, 0.29) is 0 Å². The van der Waals surface area contributed by atoms with Crippen molar-refractivity contribution in [1.82, 2.24) is 0 Å². The van der Waals surface area contributed by atoms with Crippen LogP contribution in [0.5, 0.6) is 0 Å². The highest BCUT2D eigenvalue weighted by atomic mass is 32.2. The number of thioether (sulfide) groups is 1. The summed E-state index contributed by atoms with van der Waals surface area (Å²) < 4.78 is 0. The Bertz CT molecular complexity index is 36.4. The molecule has 1 aliphatic rings. The van der Waals surface area contributed by atoms with Crippen molar-refractivity contribution in [2.75, 3.05) is 5.75 Å². The van der Waals surface area contributed by atoms with Crippen molar-refractivity contribution in [2.45, 2.75) is 18.6 Å². The Morgan fingerprint density at radius 2 is 2.50 bits per heavy atom. The van der Waals surface area contributed by atoms with Crippen molar-refractivity contribution in [2.24, 2.45) is 0 Å². The minimum Gasteiger partial charge on any atom is -0.110 e. The van der Waals surface area contributed by atoms with Gasteiger partial charge in [-0.2, -0.15) is 0 Å². The molecule has 0 radical (unpaired) electrons. The van der Waals surface area contributed by atoms with Gasteiger partial charge in [-0.3, -0.25) is 0 Å². The van der Waals surface area contributed by atoms with Gasteiger partial charge in [0, 0.05) is 12.2 Å². The lowest BCUT2D eigenvalue weighted by Crippen LogP contribution is -2.13. The zero-order valence-electron chi connectivity index (χ0n) is 3.98. The Morgan fingerprint density at radius 3 is 2.50 bits per heavy atom. The molecule has 0 saturated carbocycles. The SMILES string of the molecule is C[CH+]C1CCS1. The van der Waals surface area contributed by atoms with Crippen LogP contribution in [0.15, 0.2) is 0 Å². The molecule has 1 unspecified atom stereocenters. The summed E-state index contributed by atoms with van der Waals surface area (Å²) in [7, 11) is 0. The Labute approximate surface area is 43.3 Å². The highest BCUT2D eigenvalue weighted by molar-refractivity contribution is 8.01. The predicted octanol–water partition coefficient (Wildman–Crippen LogP) is 1.72. The minimum atomic E-state index is 0.907. The van der Waals surface area contributed by atoms with E-state index >= 15 is 0 Å². The summed E-state index contributed by atoms with van der Waals surface area (Å²) in [5, 5.41) is 0.907. The maximum absolute atomic E-state index is 2.27. The fraction of sp³-hybridized carbons (Fsp3) is 0.800. The second kappa shape index (κ2) is 1.78. The fourth-order valence-electron chi connectivity index (χ4n) is 0.517. The maximum Gasteiger partial charge on any atom is 0.143 e. The van der Waals surface area contributed by atoms with E-state index < -0.39 is 0 Å². The fourth-order valence-corrected chi connectivity index (χ4v) is 1.22. The van der Waals surface area contributed by atoms with E-state index in [0.717, 1.165) is 5.25 Å². The van der Waals surface area contributed by atoms with Gasteiger partial charge in [-0.1, -0.05) is 0 Å². The lowest BCUT2D eigenvalue weighted by Gasteiger charge is -2.14. The topological polar surface area (TPSA) is 0 Å². The molecular weight excluding hydrogens is 92.1 g/mol. The van der Waals surface area contributed by atoms with Crippen LogP contribution in [0.25, 0.3) is 0 Å². The average Bonchev–Trinajstić information content (AvgIpc) is 1.31. The van der Waals surface area contributed by atoms with Gasteiger partial charge in [-0.25, -0.2) is 0 Å². The molecule has 1 heteroatoms. The van der Waals surface area contributed by atoms with Gasteiger partial charge in [0.1, 0.15) is 5.25 Å². The zero-order chi connectivity index (χ0) is 4.41. The quantitative estimate of drug-likeness (QED) is 0.453. The molecule has 0 aromatic heterocycles. The third-order valence-corrected chi connectivity index (χ3v) is 2.51. The van der Waals surface area contributed by atoms with Crippen molar-refractivity contribution >= 4 is 11.8 Å². The van der Waals surface area contributed by atoms with Crippen LogP contribution in [-0.4, -0.2) is 11.0 Å². The maximum atomic E-state index is 2.27. The van der Waals surface area contributed by atoms with Crippen molar-refractivity contribution in [3.05, 3.63) is 6.42 Å². The lowest BCUT2D eigenvalue weighted by molar-refractivity contribution is 0.876. The Hall–Kier alpha value is 0.220. The van der Waals surface area contributed by atoms with E-state index in [1.807, 2.05) is 11.8 Å². The molecule has 0 aromatic carbocycles. The van der Waals surface area contributed by atoms with Gasteiger partial charge in [0.2, 0.25) is 0 Å². The third-order valence-electron chi connectivity index (χ3n) is 1.11. The molecule has 0 aromatic rings. The third kappa shape index (κ3) is 0.648. The highest BCUT2D eigenvalue weighted by Gasteiger charge is 2.22. The largest absolute Gasteiger partial charge is 0.143 e. The lowest BCUT2D eigenvalue weighted by atomic mass is 10.2. The minimum absolute atomic E-state index is 0.907. The Balaban J connectivity index is 2.01. The first-order valence-electron chi connectivity index (χ1n) is 2.34. The summed E-state index contributed by atoms with van der Waals surface area (Å²) in [6.45, 7) is 2.14. The van der Waals surface area contributed by atoms with Crippen LogP contribution < -0.4 is 0 Å². The summed E-state index contributed by atoms with van der Waals surface area (Å²) >= 11 is 2.05. The van der Waals surface area contributed by atoms with Crippen molar-refractivity contribution in [3.8, 4) is 0 Å². The van der Waals surface area contributed by atoms with Gasteiger partial charge in [0.15, 0.2) is 0 Å². The molecule has 1 heterocycles. The molecule has 1 fully saturated rings. The average molecular weight is 101 g/mol. The molecule has 0 amide bonds. The molecule has 0 N–H and O–H groups in total. The molecule has 1 aliphatic heterocycles. The molecule has 0 nitrogen and oxygen atoms in total. The summed E-state index contributed by atoms with van der Waals surface area (Å²) in [4.78, 5) is 0. The molecule has 1 rings (SSSR count). The Kier molecular flexibility index (Phi) is 1.30. The summed E-state index contributed by atoms with van der Waals surface area (Å²) in [5.41, 5.74) is 0. The predicted molar refractivity (Wildman–Crippen MR) is 30.8 cm³/mol. The van der Waals surface area contributed by atoms with Gasteiger partial charge < -0.3 is 0 Å². The molecule has 6 heavy (non-hydrogen) atoms. The summed E-state index contributed by atoms with van der Waals surface area (Å²) in [6.07, 6.45) is 3.69. The van der Waals surface area contributed by atoms with E-state index in [0.29, 0.717) is 0 Å². The van der Waals surface area contributed by atoms with Crippen molar-refractivity contribution in [1.29, 1.82) is 0 Å². The first-order valence-corrected chi connectivity index (χ1v) is 3.39. The number of rotatable bonds is 1. The van der Waals surface area contributed by atoms with Crippen LogP contribution >= 0.6 is 11.8 Å². The first-order chi connectivity index (χ1) is 2.93. The van der Waals surface area contributed by atoms with Gasteiger partial charge in [-0.15, -0.1) is 11.8 Å². The molecule has 34 valence electrons. The van der Waals surface area contributed by atoms with Crippen LogP contribution in [-0.2, 0) is 0 Å². The molecule has 0 aliphatic carbocycles. The molecule has 1 atom stereocenters. The molecular formula is C5H9S+. The molecule has 0 bridgehead atoms. The van der Waals surface area contributed by atoms with Crippen molar-refractivity contribution < 1.29 is 0 Å². The summed E-state index contributed by atoms with van der Waals surface area (Å²) in [5.74, 6) is 1.38. The van der Waals surface area contributed by atoms with Gasteiger partial charge >= 0.3 is 0 Å². The number of hydrogen-bond acceptors (Lipinski definition) is 1. The van der Waals surface area contributed by atoms with Gasteiger partial charge in [0.05, 0.1) is 13.3 Å². The second-order valence-corrected chi connectivity index (χ2v) is 2.88. The normalized spacial score (nSPS) is 31.8. The van der Waals surface area contributed by atoms with Crippen LogP contribution in [0.3, 0.4) is 0 Å².